The van der Waals surface area contributed by atoms with Gasteiger partial charge >= 0.3 is 0 Å². The van der Waals surface area contributed by atoms with Crippen LogP contribution in [0.1, 0.15) is 6.93 Å². The highest BCUT2D eigenvalue weighted by atomic mass is 13.8. The molecule has 0 aromatic heterocycles. The number of rotatable bonds is 2. The summed E-state index contributed by atoms with van der Waals surface area (Å²) in [5.74, 6) is 0. The van der Waals surface area contributed by atoms with Crippen molar-refractivity contribution in [3.8, 4) is 0 Å². The Kier molecular flexibility index (Phi) is 2.01. The number of allylic oxidation sites excluding steroid dienone is 2. The van der Waals surface area contributed by atoms with Crippen LogP contribution in [0.5, 0.6) is 0 Å². The first-order chi connectivity index (χ1) is 5.34. The Labute approximate surface area is 62.9 Å². The molecule has 0 radical (unpaired) electrons. The molecule has 0 bridgehead atoms. The molecule has 1 rings (SSSR count). The molecule has 0 aliphatic heterocycles. The molecule has 0 heterocycles. The second-order valence-electron chi connectivity index (χ2n) is 1.91. The summed E-state index contributed by atoms with van der Waals surface area (Å²) in [6.07, 6.45) is 3.30. The zero-order chi connectivity index (χ0) is 8.10. The van der Waals surface area contributed by atoms with E-state index < -0.39 is 0 Å². The molecule has 0 atom stereocenters. The average Bonchev–Trinajstić information content (AvgIpc) is 2.07. The van der Waals surface area contributed by atoms with Gasteiger partial charge in [-0.1, -0.05) is 55.1 Å². The molecule has 0 aliphatic rings. The van der Waals surface area contributed by atoms with Gasteiger partial charge in [0.15, 0.2) is 0 Å². The Morgan fingerprint density at radius 2 is 2.00 bits per heavy atom. The van der Waals surface area contributed by atoms with E-state index in [2.05, 4.69) is 6.58 Å². The average molecular weight is 131 g/mol. The van der Waals surface area contributed by atoms with Gasteiger partial charge in [-0.15, -0.1) is 0 Å². The lowest BCUT2D eigenvalue weighted by Gasteiger charge is -1.87. The Balaban J connectivity index is 2.94. The molecule has 1 aromatic rings. The van der Waals surface area contributed by atoms with Crippen molar-refractivity contribution in [3.63, 3.8) is 0 Å². The van der Waals surface area contributed by atoms with Crippen molar-refractivity contribution in [1.82, 2.24) is 0 Å². The van der Waals surface area contributed by atoms with Crippen LogP contribution in [0.25, 0.3) is 6.05 Å². The molecular weight excluding hydrogens is 120 g/mol. The molecule has 0 N–H and O–H groups in total. The molecule has 0 amide bonds. The first-order valence-electron chi connectivity index (χ1n) is 3.69. The van der Waals surface area contributed by atoms with E-state index in [0.717, 1.165) is 5.56 Å². The third kappa shape index (κ3) is 1.90. The van der Waals surface area contributed by atoms with E-state index in [1.54, 1.807) is 12.2 Å². The molecule has 0 nitrogen and oxygen atoms in total. The van der Waals surface area contributed by atoms with Gasteiger partial charge < -0.3 is 0 Å². The minimum absolute atomic E-state index is 0.501. The van der Waals surface area contributed by atoms with Crippen LogP contribution in [-0.2, 0) is 0 Å². The van der Waals surface area contributed by atoms with Gasteiger partial charge in [0.05, 0.1) is 1.37 Å². The molecule has 0 aliphatic carbocycles. The topological polar surface area (TPSA) is 0 Å². The van der Waals surface area contributed by atoms with Crippen molar-refractivity contribution >= 4 is 6.05 Å². The van der Waals surface area contributed by atoms with Crippen LogP contribution >= 0.6 is 0 Å². The third-order valence-electron chi connectivity index (χ3n) is 1.14. The summed E-state index contributed by atoms with van der Waals surface area (Å²) >= 11 is 0. The van der Waals surface area contributed by atoms with Crippen molar-refractivity contribution in [3.05, 3.63) is 54.6 Å². The summed E-state index contributed by atoms with van der Waals surface area (Å²) in [6, 6.07) is 10.1. The lowest BCUT2D eigenvalue weighted by atomic mass is 10.2. The molecule has 1 aromatic carbocycles. The highest BCUT2D eigenvalue weighted by Crippen LogP contribution is 1.99. The molecular formula is C10H10. The van der Waals surface area contributed by atoms with E-state index in [0.29, 0.717) is 6.05 Å². The molecule has 0 fully saturated rings. The summed E-state index contributed by atoms with van der Waals surface area (Å²) in [6.45, 7) is 3.53. The molecule has 0 spiro atoms. The summed E-state index contributed by atoms with van der Waals surface area (Å²) in [5, 5.41) is 0. The smallest absolute Gasteiger partial charge is 0.0629 e. The van der Waals surface area contributed by atoms with Gasteiger partial charge in [0, 0.05) is 0 Å². The molecule has 0 heteroatoms. The molecule has 10 heavy (non-hydrogen) atoms. The van der Waals surface area contributed by atoms with Gasteiger partial charge in [-0.3, -0.25) is 0 Å². The Bertz CT molecular complexity index is 259. The molecule has 0 saturated heterocycles. The first kappa shape index (κ1) is 5.48. The van der Waals surface area contributed by atoms with E-state index in [1.807, 2.05) is 30.3 Å². The first-order valence-corrected chi connectivity index (χ1v) is 3.19. The fourth-order valence-electron chi connectivity index (χ4n) is 0.690. The number of benzene rings is 1. The maximum absolute atomic E-state index is 7.50. The van der Waals surface area contributed by atoms with Crippen molar-refractivity contribution in [1.29, 1.82) is 0 Å². The Morgan fingerprint density at radius 3 is 2.60 bits per heavy atom. The van der Waals surface area contributed by atoms with E-state index in [4.69, 9.17) is 1.37 Å². The van der Waals surface area contributed by atoms with Crippen molar-refractivity contribution in [2.75, 3.05) is 0 Å². The zero-order valence-corrected chi connectivity index (χ0v) is 5.75. The number of hydrogen-bond acceptors (Lipinski definition) is 0. The summed E-state index contributed by atoms with van der Waals surface area (Å²) in [5.41, 5.74) is 0.924. The van der Waals surface area contributed by atoms with E-state index in [1.165, 1.54) is 0 Å². The van der Waals surface area contributed by atoms with E-state index in [-0.39, 0.29) is 0 Å². The zero-order valence-electron chi connectivity index (χ0n) is 6.75. The van der Waals surface area contributed by atoms with Gasteiger partial charge in [0.2, 0.25) is 0 Å². The fourth-order valence-corrected chi connectivity index (χ4v) is 0.690. The monoisotopic (exact) mass is 131 g/mol. The van der Waals surface area contributed by atoms with Gasteiger partial charge in [0.25, 0.3) is 0 Å². The van der Waals surface area contributed by atoms with Gasteiger partial charge in [0.1, 0.15) is 0 Å². The highest BCUT2D eigenvalue weighted by molar-refractivity contribution is 5.50. The SMILES string of the molecule is [2H]/C(=C\C=C)c1ccccc1. The summed E-state index contributed by atoms with van der Waals surface area (Å²) in [4.78, 5) is 0. The Hall–Kier alpha value is -1.30. The van der Waals surface area contributed by atoms with Crippen LogP contribution in [0.2, 0.25) is 0 Å². The van der Waals surface area contributed by atoms with Crippen LogP contribution < -0.4 is 0 Å². The minimum atomic E-state index is 0.501. The van der Waals surface area contributed by atoms with Crippen LogP contribution in [-0.4, -0.2) is 0 Å². The number of hydrogen-bond donors (Lipinski definition) is 0. The standard InChI is InChI=1S/C10H10/c1-2-3-7-10-8-5-4-6-9-10/h2-9H,1H2/b7-3+/i7D. The predicted octanol–water partition coefficient (Wildman–Crippen LogP) is 2.89. The Morgan fingerprint density at radius 1 is 1.30 bits per heavy atom. The summed E-state index contributed by atoms with van der Waals surface area (Å²) in [7, 11) is 0. The van der Waals surface area contributed by atoms with E-state index >= 15 is 0 Å². The minimum Gasteiger partial charge on any atom is -0.0991 e. The lowest BCUT2D eigenvalue weighted by Crippen LogP contribution is -1.65. The maximum atomic E-state index is 7.50. The van der Waals surface area contributed by atoms with Crippen molar-refractivity contribution in [2.24, 2.45) is 0 Å². The second-order valence-corrected chi connectivity index (χ2v) is 1.91. The normalized spacial score (nSPS) is 12.4. The molecule has 50 valence electrons. The summed E-state index contributed by atoms with van der Waals surface area (Å²) < 4.78 is 7.50. The maximum Gasteiger partial charge on any atom is 0.0629 e. The largest absolute Gasteiger partial charge is 0.0991 e. The van der Waals surface area contributed by atoms with Crippen LogP contribution in [0.4, 0.5) is 0 Å². The highest BCUT2D eigenvalue weighted by Gasteiger charge is 1.78. The second kappa shape index (κ2) is 3.67. The quantitative estimate of drug-likeness (QED) is 0.541. The molecule has 0 unspecified atom stereocenters. The fraction of sp³-hybridized carbons (Fsp3) is 0. The van der Waals surface area contributed by atoms with Crippen LogP contribution in [0.15, 0.2) is 49.1 Å². The predicted molar refractivity (Wildman–Crippen MR) is 45.7 cm³/mol. The van der Waals surface area contributed by atoms with Gasteiger partial charge in [-0.2, -0.15) is 0 Å². The molecule has 0 saturated carbocycles. The van der Waals surface area contributed by atoms with Gasteiger partial charge in [-0.25, -0.2) is 0 Å². The third-order valence-corrected chi connectivity index (χ3v) is 1.14. The van der Waals surface area contributed by atoms with Crippen molar-refractivity contribution in [2.45, 2.75) is 0 Å². The van der Waals surface area contributed by atoms with Crippen LogP contribution in [0, 0.1) is 0 Å². The lowest BCUT2D eigenvalue weighted by molar-refractivity contribution is 1.66. The van der Waals surface area contributed by atoms with Gasteiger partial charge in [-0.05, 0) is 5.56 Å². The van der Waals surface area contributed by atoms with Crippen LogP contribution in [0.3, 0.4) is 0 Å². The van der Waals surface area contributed by atoms with Crippen molar-refractivity contribution < 1.29 is 1.37 Å². The van der Waals surface area contributed by atoms with E-state index in [9.17, 15) is 0 Å².